The number of ether oxygens (including phenoxy) is 2. The Hall–Kier alpha value is -1.76. The molecule has 2 rings (SSSR count). The highest BCUT2D eigenvalue weighted by Gasteiger charge is 2.27. The number of amides is 1. The van der Waals surface area contributed by atoms with Crippen LogP contribution in [0, 0.1) is 5.82 Å². The zero-order valence-electron chi connectivity index (χ0n) is 11.3. The van der Waals surface area contributed by atoms with E-state index in [1.165, 1.54) is 24.9 Å². The highest BCUT2D eigenvalue weighted by Crippen LogP contribution is 2.35. The molecule has 0 bridgehead atoms. The lowest BCUT2D eigenvalue weighted by atomic mass is 10.2. The first-order valence-electron chi connectivity index (χ1n) is 6.15. The molecular weight excluding hydrogens is 283 g/mol. The van der Waals surface area contributed by atoms with Gasteiger partial charge in [0, 0.05) is 12.3 Å². The largest absolute Gasteiger partial charge is 0.494 e. The average molecular weight is 298 g/mol. The van der Waals surface area contributed by atoms with Crippen LogP contribution in [0.15, 0.2) is 23.2 Å². The number of aliphatic imine (C=N–C) groups is 1. The molecule has 1 fully saturated rings. The topological polar surface area (TPSA) is 51.1 Å². The van der Waals surface area contributed by atoms with Crippen molar-refractivity contribution in [1.82, 2.24) is 0 Å². The van der Waals surface area contributed by atoms with E-state index in [9.17, 15) is 9.18 Å². The Morgan fingerprint density at radius 1 is 1.55 bits per heavy atom. The molecule has 1 amide bonds. The standard InChI is InChI=1S/C13H15FN2O3S/c1-3-19-13(17)15-12-16(7-8-20-12)11-9(14)5-4-6-10(11)18-2/h4-6H,3,7-8H2,1-2H3. The first-order chi connectivity index (χ1) is 9.67. The van der Waals surface area contributed by atoms with Crippen LogP contribution in [-0.4, -0.2) is 37.3 Å². The molecule has 0 atom stereocenters. The van der Waals surface area contributed by atoms with Gasteiger partial charge in [0.15, 0.2) is 11.0 Å². The Morgan fingerprint density at radius 2 is 2.35 bits per heavy atom. The van der Waals surface area contributed by atoms with Crippen LogP contribution >= 0.6 is 11.8 Å². The zero-order valence-corrected chi connectivity index (χ0v) is 12.1. The predicted molar refractivity (Wildman–Crippen MR) is 77.2 cm³/mol. The van der Waals surface area contributed by atoms with Gasteiger partial charge < -0.3 is 14.4 Å². The molecule has 0 saturated carbocycles. The van der Waals surface area contributed by atoms with Crippen molar-refractivity contribution in [2.45, 2.75) is 6.92 Å². The molecule has 1 aromatic carbocycles. The molecule has 1 aromatic rings. The Balaban J connectivity index is 2.34. The molecule has 0 N–H and O–H groups in total. The van der Waals surface area contributed by atoms with Gasteiger partial charge in [-0.15, -0.1) is 0 Å². The first-order valence-corrected chi connectivity index (χ1v) is 7.14. The maximum Gasteiger partial charge on any atom is 0.436 e. The smallest absolute Gasteiger partial charge is 0.436 e. The Bertz CT molecular complexity index is 536. The number of hydrogen-bond donors (Lipinski definition) is 0. The minimum absolute atomic E-state index is 0.253. The average Bonchev–Trinajstić information content (AvgIpc) is 2.86. The Kier molecular flexibility index (Phi) is 4.84. The third-order valence-electron chi connectivity index (χ3n) is 2.67. The second kappa shape index (κ2) is 6.60. The van der Waals surface area contributed by atoms with Crippen LogP contribution in [0.3, 0.4) is 0 Å². The first kappa shape index (κ1) is 14.6. The van der Waals surface area contributed by atoms with Gasteiger partial charge >= 0.3 is 6.09 Å². The number of halogens is 1. The summed E-state index contributed by atoms with van der Waals surface area (Å²) in [7, 11) is 1.48. The molecule has 0 spiro atoms. The molecule has 20 heavy (non-hydrogen) atoms. The van der Waals surface area contributed by atoms with E-state index in [-0.39, 0.29) is 6.61 Å². The van der Waals surface area contributed by atoms with Crippen LogP contribution in [0.1, 0.15) is 6.92 Å². The van der Waals surface area contributed by atoms with E-state index in [0.29, 0.717) is 23.1 Å². The number of carbonyl (C=O) groups is 1. The Morgan fingerprint density at radius 3 is 3.05 bits per heavy atom. The lowest BCUT2D eigenvalue weighted by Gasteiger charge is -2.20. The summed E-state index contributed by atoms with van der Waals surface area (Å²) in [5, 5.41) is 0.423. The second-order valence-electron chi connectivity index (χ2n) is 3.88. The number of para-hydroxylation sites is 1. The van der Waals surface area contributed by atoms with Crippen LogP contribution in [0.4, 0.5) is 14.9 Å². The van der Waals surface area contributed by atoms with Gasteiger partial charge in [0.25, 0.3) is 0 Å². The quantitative estimate of drug-likeness (QED) is 0.859. The number of benzene rings is 1. The fraction of sp³-hybridized carbons (Fsp3) is 0.385. The third kappa shape index (κ3) is 3.04. The molecule has 1 heterocycles. The minimum Gasteiger partial charge on any atom is -0.494 e. The van der Waals surface area contributed by atoms with Crippen LogP contribution in [-0.2, 0) is 4.74 Å². The van der Waals surface area contributed by atoms with E-state index in [1.807, 2.05) is 0 Å². The number of methoxy groups -OCH3 is 1. The Labute approximate surface area is 120 Å². The van der Waals surface area contributed by atoms with E-state index in [4.69, 9.17) is 9.47 Å². The van der Waals surface area contributed by atoms with Crippen molar-refractivity contribution in [3.63, 3.8) is 0 Å². The summed E-state index contributed by atoms with van der Waals surface area (Å²) in [5.74, 6) is 0.711. The summed E-state index contributed by atoms with van der Waals surface area (Å²) in [4.78, 5) is 16.9. The molecule has 0 unspecified atom stereocenters. The summed E-state index contributed by atoms with van der Waals surface area (Å²) < 4.78 is 24.0. The molecule has 7 heteroatoms. The highest BCUT2D eigenvalue weighted by molar-refractivity contribution is 8.14. The molecule has 108 valence electrons. The summed E-state index contributed by atoms with van der Waals surface area (Å²) >= 11 is 1.38. The SMILES string of the molecule is CCOC(=O)N=C1SCCN1c1c(F)cccc1OC. The fourth-order valence-electron chi connectivity index (χ4n) is 1.86. The molecule has 1 aliphatic heterocycles. The number of anilines is 1. The number of thioether (sulfide) groups is 1. The molecule has 1 saturated heterocycles. The minimum atomic E-state index is -0.669. The molecular formula is C13H15FN2O3S. The van der Waals surface area contributed by atoms with Crippen LogP contribution in [0.25, 0.3) is 0 Å². The van der Waals surface area contributed by atoms with Gasteiger partial charge in [-0.25, -0.2) is 9.18 Å². The van der Waals surface area contributed by atoms with Crippen LogP contribution in [0.2, 0.25) is 0 Å². The highest BCUT2D eigenvalue weighted by atomic mass is 32.2. The van der Waals surface area contributed by atoms with Gasteiger partial charge in [-0.2, -0.15) is 4.99 Å². The van der Waals surface area contributed by atoms with Crippen molar-refractivity contribution in [3.05, 3.63) is 24.0 Å². The summed E-state index contributed by atoms with van der Waals surface area (Å²) in [6.07, 6.45) is -0.669. The van der Waals surface area contributed by atoms with E-state index in [1.54, 1.807) is 24.0 Å². The van der Waals surface area contributed by atoms with Gasteiger partial charge in [0.2, 0.25) is 0 Å². The van der Waals surface area contributed by atoms with Crippen molar-refractivity contribution in [1.29, 1.82) is 0 Å². The lowest BCUT2D eigenvalue weighted by molar-refractivity contribution is 0.163. The molecule has 5 nitrogen and oxygen atoms in total. The third-order valence-corrected chi connectivity index (χ3v) is 3.63. The van der Waals surface area contributed by atoms with Crippen molar-refractivity contribution >= 4 is 28.7 Å². The van der Waals surface area contributed by atoms with Gasteiger partial charge in [-0.05, 0) is 19.1 Å². The predicted octanol–water partition coefficient (Wildman–Crippen LogP) is 2.90. The summed E-state index contributed by atoms with van der Waals surface area (Å²) in [6.45, 7) is 2.51. The zero-order chi connectivity index (χ0) is 14.5. The number of rotatable bonds is 3. The van der Waals surface area contributed by atoms with E-state index < -0.39 is 11.9 Å². The van der Waals surface area contributed by atoms with E-state index in [0.717, 1.165) is 5.75 Å². The van der Waals surface area contributed by atoms with Crippen LogP contribution in [0.5, 0.6) is 5.75 Å². The van der Waals surface area contributed by atoms with Crippen molar-refractivity contribution < 1.29 is 18.7 Å². The maximum absolute atomic E-state index is 14.0. The number of nitrogens with zero attached hydrogens (tertiary/aromatic N) is 2. The van der Waals surface area contributed by atoms with Gasteiger partial charge in [0.1, 0.15) is 11.4 Å². The van der Waals surface area contributed by atoms with E-state index >= 15 is 0 Å². The van der Waals surface area contributed by atoms with Gasteiger partial charge in [0.05, 0.1) is 13.7 Å². The second-order valence-corrected chi connectivity index (χ2v) is 4.95. The molecule has 0 aromatic heterocycles. The normalized spacial score (nSPS) is 16.6. The molecule has 0 aliphatic carbocycles. The van der Waals surface area contributed by atoms with Crippen molar-refractivity contribution in [2.75, 3.05) is 30.9 Å². The van der Waals surface area contributed by atoms with Crippen LogP contribution < -0.4 is 9.64 Å². The monoisotopic (exact) mass is 298 g/mol. The van der Waals surface area contributed by atoms with Crippen molar-refractivity contribution in [2.24, 2.45) is 4.99 Å². The number of carbonyl (C=O) groups excluding carboxylic acids is 1. The van der Waals surface area contributed by atoms with Gasteiger partial charge in [-0.3, -0.25) is 0 Å². The number of hydrogen-bond acceptors (Lipinski definition) is 4. The van der Waals surface area contributed by atoms with E-state index in [2.05, 4.69) is 4.99 Å². The molecule has 0 radical (unpaired) electrons. The van der Waals surface area contributed by atoms with Gasteiger partial charge in [-0.1, -0.05) is 17.8 Å². The summed E-state index contributed by atoms with van der Waals surface area (Å²) in [6, 6.07) is 4.59. The molecule has 1 aliphatic rings. The number of amidine groups is 1. The maximum atomic E-state index is 14.0. The lowest BCUT2D eigenvalue weighted by Crippen LogP contribution is -2.26. The van der Waals surface area contributed by atoms with Crippen molar-refractivity contribution in [3.8, 4) is 5.75 Å². The summed E-state index contributed by atoms with van der Waals surface area (Å²) in [5.41, 5.74) is 0.294. The fourth-order valence-corrected chi connectivity index (χ4v) is 2.79.